The first kappa shape index (κ1) is 12.1. The van der Waals surface area contributed by atoms with Gasteiger partial charge in [-0.25, -0.2) is 0 Å². The van der Waals surface area contributed by atoms with Crippen molar-refractivity contribution in [1.29, 1.82) is 5.26 Å². The zero-order chi connectivity index (χ0) is 12.0. The Hall–Kier alpha value is -2.00. The van der Waals surface area contributed by atoms with Crippen molar-refractivity contribution in [3.8, 4) is 6.07 Å². The fourth-order valence-corrected chi connectivity index (χ4v) is 1.41. The third kappa shape index (κ3) is 3.63. The summed E-state index contributed by atoms with van der Waals surface area (Å²) in [6.45, 7) is 0. The highest BCUT2D eigenvalue weighted by atomic mass is 32.2. The predicted octanol–water partition coefficient (Wildman–Crippen LogP) is 2.41. The van der Waals surface area contributed by atoms with Crippen molar-refractivity contribution in [3.63, 3.8) is 0 Å². The van der Waals surface area contributed by atoms with Crippen LogP contribution < -0.4 is 5.32 Å². The number of hydrogen-bond acceptors (Lipinski definition) is 5. The van der Waals surface area contributed by atoms with Gasteiger partial charge in [-0.1, -0.05) is 0 Å². The highest BCUT2D eigenvalue weighted by Crippen LogP contribution is 2.17. The topological polar surface area (TPSA) is 79.0 Å². The molecule has 0 aliphatic rings. The lowest BCUT2D eigenvalue weighted by molar-refractivity contribution is -0.402. The Morgan fingerprint density at radius 1 is 1.56 bits per heavy atom. The number of nitriles is 1. The minimum absolute atomic E-state index is 0.440. The normalized spacial score (nSPS) is 10.6. The van der Waals surface area contributed by atoms with Gasteiger partial charge in [-0.2, -0.15) is 5.26 Å². The van der Waals surface area contributed by atoms with Crippen LogP contribution in [0.4, 0.5) is 5.69 Å². The average Bonchev–Trinajstić information content (AvgIpc) is 2.28. The second kappa shape index (κ2) is 5.78. The first-order valence-electron chi connectivity index (χ1n) is 4.32. The van der Waals surface area contributed by atoms with E-state index in [2.05, 4.69) is 5.32 Å². The smallest absolute Gasteiger partial charge is 0.264 e. The van der Waals surface area contributed by atoms with Crippen molar-refractivity contribution in [3.05, 3.63) is 51.2 Å². The molecule has 0 spiro atoms. The molecule has 82 valence electrons. The molecule has 1 aromatic rings. The van der Waals surface area contributed by atoms with E-state index in [1.54, 1.807) is 30.5 Å². The van der Waals surface area contributed by atoms with Gasteiger partial charge in [0.2, 0.25) is 0 Å². The largest absolute Gasteiger partial charge is 0.345 e. The maximum Gasteiger partial charge on any atom is 0.264 e. The Morgan fingerprint density at radius 2 is 2.19 bits per heavy atom. The van der Waals surface area contributed by atoms with Crippen LogP contribution in [0.15, 0.2) is 35.5 Å². The molecule has 0 bridgehead atoms. The van der Waals surface area contributed by atoms with Crippen molar-refractivity contribution in [1.82, 2.24) is 0 Å². The Morgan fingerprint density at radius 3 is 2.62 bits per heavy atom. The summed E-state index contributed by atoms with van der Waals surface area (Å²) in [6.07, 6.45) is 2.65. The Kier molecular flexibility index (Phi) is 4.36. The van der Waals surface area contributed by atoms with Crippen molar-refractivity contribution >= 4 is 17.4 Å². The number of benzene rings is 1. The molecule has 1 rings (SSSR count). The lowest BCUT2D eigenvalue weighted by atomic mass is 10.2. The van der Waals surface area contributed by atoms with Gasteiger partial charge in [0.15, 0.2) is 0 Å². The van der Waals surface area contributed by atoms with Crippen LogP contribution in [0.1, 0.15) is 5.56 Å². The van der Waals surface area contributed by atoms with E-state index in [0.717, 1.165) is 6.20 Å². The number of thioether (sulfide) groups is 1. The molecule has 0 heterocycles. The Labute approximate surface area is 96.9 Å². The molecule has 0 radical (unpaired) electrons. The van der Waals surface area contributed by atoms with Gasteiger partial charge < -0.3 is 5.32 Å². The van der Waals surface area contributed by atoms with E-state index >= 15 is 0 Å². The van der Waals surface area contributed by atoms with Crippen molar-refractivity contribution in [2.75, 3.05) is 11.6 Å². The van der Waals surface area contributed by atoms with Gasteiger partial charge in [-0.3, -0.25) is 10.1 Å². The molecular formula is C10H9N3O2S. The highest BCUT2D eigenvalue weighted by Gasteiger charge is 2.01. The molecule has 16 heavy (non-hydrogen) atoms. The second-order valence-corrected chi connectivity index (χ2v) is 3.65. The SMILES string of the molecule is CS/C(=C\[N+](=O)[O-])Nc1ccc(C#N)cc1. The third-order valence-electron chi connectivity index (χ3n) is 1.72. The summed E-state index contributed by atoms with van der Waals surface area (Å²) in [4.78, 5) is 9.78. The predicted molar refractivity (Wildman–Crippen MR) is 63.4 cm³/mol. The average molecular weight is 235 g/mol. The summed E-state index contributed by atoms with van der Waals surface area (Å²) < 4.78 is 0. The molecular weight excluding hydrogens is 226 g/mol. The summed E-state index contributed by atoms with van der Waals surface area (Å²) in [6, 6.07) is 8.68. The van der Waals surface area contributed by atoms with Crippen LogP contribution in [0, 0.1) is 21.4 Å². The highest BCUT2D eigenvalue weighted by molar-refractivity contribution is 8.02. The standard InChI is InChI=1S/C10H9N3O2S/c1-16-10(7-13(14)15)12-9-4-2-8(6-11)3-5-9/h2-5,7,12H,1H3/b10-7-. The number of nitrogens with one attached hydrogen (secondary N) is 1. The fourth-order valence-electron chi connectivity index (χ4n) is 1.00. The summed E-state index contributed by atoms with van der Waals surface area (Å²) in [5.74, 6) is 0. The minimum atomic E-state index is -0.511. The van der Waals surface area contributed by atoms with Crippen molar-refractivity contribution in [2.24, 2.45) is 0 Å². The van der Waals surface area contributed by atoms with Crippen LogP contribution in [0.25, 0.3) is 0 Å². The first-order chi connectivity index (χ1) is 7.65. The zero-order valence-electron chi connectivity index (χ0n) is 8.51. The van der Waals surface area contributed by atoms with Crippen LogP contribution in [0.3, 0.4) is 0 Å². The maximum atomic E-state index is 10.3. The molecule has 0 saturated heterocycles. The van der Waals surface area contributed by atoms with E-state index in [9.17, 15) is 10.1 Å². The van der Waals surface area contributed by atoms with Crippen molar-refractivity contribution in [2.45, 2.75) is 0 Å². The molecule has 0 fully saturated rings. The number of hydrogen-bond donors (Lipinski definition) is 1. The van der Waals surface area contributed by atoms with Crippen LogP contribution >= 0.6 is 11.8 Å². The van der Waals surface area contributed by atoms with E-state index in [1.165, 1.54) is 11.8 Å². The number of nitro groups is 1. The molecule has 0 aliphatic heterocycles. The molecule has 0 atom stereocenters. The van der Waals surface area contributed by atoms with Gasteiger partial charge in [0.25, 0.3) is 6.20 Å². The van der Waals surface area contributed by atoms with Crippen molar-refractivity contribution < 1.29 is 4.92 Å². The quantitative estimate of drug-likeness (QED) is 0.640. The van der Waals surface area contributed by atoms with Crippen LogP contribution in [-0.2, 0) is 0 Å². The molecule has 1 N–H and O–H groups in total. The Bertz CT molecular complexity index is 448. The Balaban J connectivity index is 2.79. The van der Waals surface area contributed by atoms with Gasteiger partial charge in [-0.05, 0) is 30.5 Å². The zero-order valence-corrected chi connectivity index (χ0v) is 9.32. The summed E-state index contributed by atoms with van der Waals surface area (Å²) in [5.41, 5.74) is 1.26. The van der Waals surface area contributed by atoms with Gasteiger partial charge in [-0.15, -0.1) is 11.8 Å². The monoisotopic (exact) mass is 235 g/mol. The van der Waals surface area contributed by atoms with E-state index < -0.39 is 4.92 Å². The maximum absolute atomic E-state index is 10.3. The van der Waals surface area contributed by atoms with E-state index in [-0.39, 0.29) is 0 Å². The third-order valence-corrected chi connectivity index (χ3v) is 2.37. The van der Waals surface area contributed by atoms with Crippen LogP contribution in [-0.4, -0.2) is 11.2 Å². The molecule has 0 aliphatic carbocycles. The molecule has 1 aromatic carbocycles. The minimum Gasteiger partial charge on any atom is -0.345 e. The summed E-state index contributed by atoms with van der Waals surface area (Å²) in [5, 5.41) is 22.2. The lowest BCUT2D eigenvalue weighted by Crippen LogP contribution is -1.98. The van der Waals surface area contributed by atoms with Gasteiger partial charge in [0, 0.05) is 5.69 Å². The molecule has 0 aromatic heterocycles. The summed E-state index contributed by atoms with van der Waals surface area (Å²) >= 11 is 1.25. The molecule has 5 nitrogen and oxygen atoms in total. The molecule has 0 unspecified atom stereocenters. The van der Waals surface area contributed by atoms with E-state index in [4.69, 9.17) is 5.26 Å². The lowest BCUT2D eigenvalue weighted by Gasteiger charge is -2.05. The molecule has 0 saturated carbocycles. The van der Waals surface area contributed by atoms with Gasteiger partial charge >= 0.3 is 0 Å². The van der Waals surface area contributed by atoms with Gasteiger partial charge in [0.05, 0.1) is 16.6 Å². The van der Waals surface area contributed by atoms with E-state index in [1.807, 2.05) is 6.07 Å². The van der Waals surface area contributed by atoms with Crippen LogP contribution in [0.2, 0.25) is 0 Å². The summed E-state index contributed by atoms with van der Waals surface area (Å²) in [7, 11) is 0. The number of anilines is 1. The first-order valence-corrected chi connectivity index (χ1v) is 5.54. The molecule has 6 heteroatoms. The van der Waals surface area contributed by atoms with Gasteiger partial charge in [0.1, 0.15) is 5.03 Å². The number of rotatable bonds is 4. The number of nitrogens with zero attached hydrogens (tertiary/aromatic N) is 2. The molecule has 0 amide bonds. The van der Waals surface area contributed by atoms with Crippen LogP contribution in [0.5, 0.6) is 0 Å². The second-order valence-electron chi connectivity index (χ2n) is 2.80. The van der Waals surface area contributed by atoms with E-state index in [0.29, 0.717) is 16.3 Å². The fraction of sp³-hybridized carbons (Fsp3) is 0.100.